The minimum atomic E-state index is -0.883. The summed E-state index contributed by atoms with van der Waals surface area (Å²) in [6.07, 6.45) is 1.96. The summed E-state index contributed by atoms with van der Waals surface area (Å²) >= 11 is 0. The van der Waals surface area contributed by atoms with Crippen LogP contribution in [0, 0.1) is 0 Å². The smallest absolute Gasteiger partial charge is 0.233 e. The van der Waals surface area contributed by atoms with Gasteiger partial charge in [0, 0.05) is 54.0 Å². The Bertz CT molecular complexity index is 474. The Morgan fingerprint density at radius 1 is 1.27 bits per heavy atom. The van der Waals surface area contributed by atoms with Crippen molar-refractivity contribution in [1.82, 2.24) is 20.9 Å². The third-order valence-electron chi connectivity index (χ3n) is 4.15. The number of amides is 1. The second-order valence-electron chi connectivity index (χ2n) is 7.29. The summed E-state index contributed by atoms with van der Waals surface area (Å²) in [6, 6.07) is 0.354. The number of aliphatic imine (C=N–C) groups is 1. The molecule has 1 aliphatic heterocycles. The number of nitrogens with one attached hydrogen (secondary N) is 3. The largest absolute Gasteiger partial charge is 0.358 e. The van der Waals surface area contributed by atoms with Crippen LogP contribution < -0.4 is 16.0 Å². The molecule has 1 aliphatic rings. The summed E-state index contributed by atoms with van der Waals surface area (Å²) < 4.78 is 11.9. The van der Waals surface area contributed by atoms with Crippen LogP contribution in [0.15, 0.2) is 4.99 Å². The van der Waals surface area contributed by atoms with Gasteiger partial charge < -0.3 is 16.0 Å². The average Bonchev–Trinajstić information content (AvgIpc) is 2.55. The Morgan fingerprint density at radius 2 is 1.88 bits per heavy atom. The first-order chi connectivity index (χ1) is 11.8. The Kier molecular flexibility index (Phi) is 12.7. The predicted molar refractivity (Wildman–Crippen MR) is 121 cm³/mol. The Labute approximate surface area is 178 Å². The van der Waals surface area contributed by atoms with Crippen LogP contribution in [0.3, 0.4) is 0 Å². The highest BCUT2D eigenvalue weighted by molar-refractivity contribution is 14.0. The van der Waals surface area contributed by atoms with E-state index < -0.39 is 10.8 Å². The van der Waals surface area contributed by atoms with Gasteiger partial charge in [-0.3, -0.25) is 18.9 Å². The SMILES string of the molecule is CCNC(=NCCS(=O)C(C)(C)C)NC1CCN(CC(=O)NC)CC1.I. The Balaban J connectivity index is 0.00000625. The molecule has 0 bridgehead atoms. The summed E-state index contributed by atoms with van der Waals surface area (Å²) in [4.78, 5) is 18.2. The fourth-order valence-electron chi connectivity index (χ4n) is 2.58. The molecule has 1 unspecified atom stereocenters. The molecule has 0 aliphatic carbocycles. The van der Waals surface area contributed by atoms with Gasteiger partial charge in [-0.25, -0.2) is 0 Å². The van der Waals surface area contributed by atoms with Crippen molar-refractivity contribution >= 4 is 46.6 Å². The van der Waals surface area contributed by atoms with Crippen molar-refractivity contribution in [2.75, 3.05) is 45.5 Å². The lowest BCUT2D eigenvalue weighted by Crippen LogP contribution is -2.50. The van der Waals surface area contributed by atoms with Gasteiger partial charge in [0.05, 0.1) is 13.1 Å². The lowest BCUT2D eigenvalue weighted by Gasteiger charge is -2.32. The molecule has 154 valence electrons. The number of hydrogen-bond donors (Lipinski definition) is 3. The highest BCUT2D eigenvalue weighted by Crippen LogP contribution is 2.11. The molecule has 1 atom stereocenters. The molecule has 0 aromatic rings. The third kappa shape index (κ3) is 10.1. The van der Waals surface area contributed by atoms with E-state index in [1.165, 1.54) is 0 Å². The van der Waals surface area contributed by atoms with Crippen molar-refractivity contribution in [3.05, 3.63) is 0 Å². The number of likely N-dealkylation sites (tertiary alicyclic amines) is 1. The molecular formula is C17H36IN5O2S. The minimum Gasteiger partial charge on any atom is -0.358 e. The van der Waals surface area contributed by atoms with E-state index in [2.05, 4.69) is 25.8 Å². The molecule has 1 rings (SSSR count). The molecule has 3 N–H and O–H groups in total. The summed E-state index contributed by atoms with van der Waals surface area (Å²) in [5.41, 5.74) is 0. The number of hydrogen-bond acceptors (Lipinski definition) is 4. The van der Waals surface area contributed by atoms with E-state index in [9.17, 15) is 9.00 Å². The van der Waals surface area contributed by atoms with Crippen LogP contribution in [0.25, 0.3) is 0 Å². The fourth-order valence-corrected chi connectivity index (χ4v) is 3.45. The van der Waals surface area contributed by atoms with E-state index >= 15 is 0 Å². The zero-order valence-electron chi connectivity index (χ0n) is 16.8. The highest BCUT2D eigenvalue weighted by Gasteiger charge is 2.21. The molecular weight excluding hydrogens is 465 g/mol. The van der Waals surface area contributed by atoms with Gasteiger partial charge >= 0.3 is 0 Å². The van der Waals surface area contributed by atoms with Gasteiger partial charge in [-0.2, -0.15) is 0 Å². The third-order valence-corrected chi connectivity index (χ3v) is 6.07. The minimum absolute atomic E-state index is 0. The van der Waals surface area contributed by atoms with E-state index in [4.69, 9.17) is 0 Å². The molecule has 0 aromatic carbocycles. The molecule has 0 radical (unpaired) electrons. The first-order valence-electron chi connectivity index (χ1n) is 9.12. The summed E-state index contributed by atoms with van der Waals surface area (Å²) in [6.45, 7) is 11.6. The molecule has 1 heterocycles. The maximum absolute atomic E-state index is 12.1. The second-order valence-corrected chi connectivity index (χ2v) is 9.61. The normalized spacial score (nSPS) is 18.0. The molecule has 7 nitrogen and oxygen atoms in total. The Morgan fingerprint density at radius 3 is 2.38 bits per heavy atom. The van der Waals surface area contributed by atoms with Crippen molar-refractivity contribution in [3.8, 4) is 0 Å². The van der Waals surface area contributed by atoms with Gasteiger partial charge in [0.25, 0.3) is 0 Å². The molecule has 0 aromatic heterocycles. The van der Waals surface area contributed by atoms with E-state index in [1.807, 2.05) is 27.7 Å². The molecule has 1 amide bonds. The number of carbonyl (C=O) groups is 1. The first kappa shape index (κ1) is 25.6. The van der Waals surface area contributed by atoms with Gasteiger partial charge in [-0.1, -0.05) is 0 Å². The van der Waals surface area contributed by atoms with E-state index in [0.717, 1.165) is 38.4 Å². The zero-order valence-corrected chi connectivity index (χ0v) is 19.9. The van der Waals surface area contributed by atoms with Crippen LogP contribution in [-0.2, 0) is 15.6 Å². The van der Waals surface area contributed by atoms with Gasteiger partial charge in [0.15, 0.2) is 5.96 Å². The number of carbonyl (C=O) groups excluding carboxylic acids is 1. The van der Waals surface area contributed by atoms with Crippen molar-refractivity contribution < 1.29 is 9.00 Å². The molecule has 26 heavy (non-hydrogen) atoms. The van der Waals surface area contributed by atoms with Crippen LogP contribution in [-0.4, -0.2) is 77.3 Å². The van der Waals surface area contributed by atoms with Crippen molar-refractivity contribution in [2.45, 2.75) is 51.3 Å². The quantitative estimate of drug-likeness (QED) is 0.275. The maximum atomic E-state index is 12.1. The van der Waals surface area contributed by atoms with Crippen molar-refractivity contribution in [1.29, 1.82) is 0 Å². The molecule has 9 heteroatoms. The molecule has 1 saturated heterocycles. The standard InChI is InChI=1S/C17H35N5O2S.HI/c1-6-19-16(20-9-12-25(24)17(2,3)4)21-14-7-10-22(11-8-14)13-15(23)18-5;/h14H,6-13H2,1-5H3,(H,18,23)(H2,19,20,21);1H. The van der Waals surface area contributed by atoms with E-state index in [0.29, 0.717) is 24.9 Å². The summed E-state index contributed by atoms with van der Waals surface area (Å²) in [7, 11) is 0.786. The van der Waals surface area contributed by atoms with Gasteiger partial charge in [0.2, 0.25) is 5.91 Å². The van der Waals surface area contributed by atoms with Crippen molar-refractivity contribution in [2.24, 2.45) is 4.99 Å². The number of halogens is 1. The number of nitrogens with zero attached hydrogens (tertiary/aromatic N) is 2. The maximum Gasteiger partial charge on any atom is 0.233 e. The molecule has 0 saturated carbocycles. The lowest BCUT2D eigenvalue weighted by atomic mass is 10.1. The van der Waals surface area contributed by atoms with Gasteiger partial charge in [-0.15, -0.1) is 24.0 Å². The van der Waals surface area contributed by atoms with E-state index in [1.54, 1.807) is 7.05 Å². The average molecular weight is 501 g/mol. The number of rotatable bonds is 7. The number of piperidine rings is 1. The van der Waals surface area contributed by atoms with Gasteiger partial charge in [0.1, 0.15) is 0 Å². The highest BCUT2D eigenvalue weighted by atomic mass is 127. The van der Waals surface area contributed by atoms with Crippen LogP contribution >= 0.6 is 24.0 Å². The number of guanidine groups is 1. The van der Waals surface area contributed by atoms with E-state index in [-0.39, 0.29) is 34.6 Å². The monoisotopic (exact) mass is 501 g/mol. The number of likely N-dealkylation sites (N-methyl/N-ethyl adjacent to an activating group) is 1. The first-order valence-corrected chi connectivity index (χ1v) is 10.4. The van der Waals surface area contributed by atoms with Crippen LogP contribution in [0.5, 0.6) is 0 Å². The van der Waals surface area contributed by atoms with Crippen molar-refractivity contribution in [3.63, 3.8) is 0 Å². The summed E-state index contributed by atoms with van der Waals surface area (Å²) in [5, 5.41) is 9.39. The molecule has 0 spiro atoms. The Hall–Kier alpha value is -0.420. The van der Waals surface area contributed by atoms with Gasteiger partial charge in [-0.05, 0) is 40.5 Å². The zero-order chi connectivity index (χ0) is 18.9. The second kappa shape index (κ2) is 12.9. The van der Waals surface area contributed by atoms with Crippen LogP contribution in [0.2, 0.25) is 0 Å². The molecule has 1 fully saturated rings. The van der Waals surface area contributed by atoms with Crippen LogP contribution in [0.1, 0.15) is 40.5 Å². The van der Waals surface area contributed by atoms with Crippen LogP contribution in [0.4, 0.5) is 0 Å². The topological polar surface area (TPSA) is 85.8 Å². The predicted octanol–water partition coefficient (Wildman–Crippen LogP) is 0.917. The lowest BCUT2D eigenvalue weighted by molar-refractivity contribution is -0.122. The summed E-state index contributed by atoms with van der Waals surface area (Å²) in [5.74, 6) is 1.43. The fraction of sp³-hybridized carbons (Fsp3) is 0.882.